The Labute approximate surface area is 134 Å². The topological polar surface area (TPSA) is 53.6 Å². The van der Waals surface area contributed by atoms with Crippen molar-refractivity contribution in [2.24, 2.45) is 5.92 Å². The number of hydrogen-bond donors (Lipinski definition) is 2. The molecule has 0 aromatic rings. The molecule has 0 aromatic carbocycles. The molecule has 124 valence electrons. The molecule has 2 saturated heterocycles. The maximum Gasteiger partial charge on any atom is 0.223 e. The zero-order chi connectivity index (χ0) is 14.6. The van der Waals surface area contributed by atoms with E-state index in [1.54, 1.807) is 0 Å². The smallest absolute Gasteiger partial charge is 0.223 e. The first-order valence-electron chi connectivity index (χ1n) is 7.84. The van der Waals surface area contributed by atoms with E-state index in [0.29, 0.717) is 6.04 Å². The molecule has 5 nitrogen and oxygen atoms in total. The lowest BCUT2D eigenvalue weighted by atomic mass is 9.92. The number of rotatable bonds is 4. The van der Waals surface area contributed by atoms with Gasteiger partial charge in [-0.2, -0.15) is 0 Å². The summed E-state index contributed by atoms with van der Waals surface area (Å²) in [5.74, 6) is 0.415. The van der Waals surface area contributed by atoms with Crippen molar-refractivity contribution in [3.8, 4) is 0 Å². The van der Waals surface area contributed by atoms with Crippen LogP contribution in [0.15, 0.2) is 0 Å². The highest BCUT2D eigenvalue weighted by Crippen LogP contribution is 2.17. The predicted molar refractivity (Wildman–Crippen MR) is 86.9 cm³/mol. The van der Waals surface area contributed by atoms with Crippen molar-refractivity contribution in [3.05, 3.63) is 0 Å². The summed E-state index contributed by atoms with van der Waals surface area (Å²) in [7, 11) is 0. The van der Waals surface area contributed by atoms with Crippen molar-refractivity contribution in [3.63, 3.8) is 0 Å². The van der Waals surface area contributed by atoms with Gasteiger partial charge in [0.15, 0.2) is 0 Å². The Hall–Kier alpha value is -0.360. The van der Waals surface area contributed by atoms with Crippen LogP contribution in [0.1, 0.15) is 33.6 Å². The first-order chi connectivity index (χ1) is 9.46. The number of hydrogen-bond acceptors (Lipinski definition) is 4. The van der Waals surface area contributed by atoms with Crippen LogP contribution in [-0.4, -0.2) is 61.8 Å². The van der Waals surface area contributed by atoms with Crippen LogP contribution in [0.2, 0.25) is 0 Å². The minimum atomic E-state index is -0.0628. The fourth-order valence-electron chi connectivity index (χ4n) is 3.16. The number of amides is 1. The van der Waals surface area contributed by atoms with Gasteiger partial charge in [0, 0.05) is 38.1 Å². The van der Waals surface area contributed by atoms with E-state index in [9.17, 15) is 4.79 Å². The SMILES string of the molecule is C[C@H]1C[C@@H](C(=O)NCCN2CCOC(C)(C)C2)CCN1.Cl. The molecule has 6 heteroatoms. The van der Waals surface area contributed by atoms with E-state index in [1.165, 1.54) is 0 Å². The van der Waals surface area contributed by atoms with Gasteiger partial charge in [-0.3, -0.25) is 9.69 Å². The third kappa shape index (κ3) is 6.10. The Balaban J connectivity index is 0.00000220. The standard InChI is InChI=1S/C15H29N3O2.ClH/c1-12-10-13(4-5-16-12)14(19)17-6-7-18-8-9-20-15(2,3)11-18;/h12-13,16H,4-11H2,1-3H3,(H,17,19);1H/t12-,13-;/m0./s1. The Morgan fingerprint density at radius 3 is 2.90 bits per heavy atom. The fourth-order valence-corrected chi connectivity index (χ4v) is 3.16. The Morgan fingerprint density at radius 1 is 1.48 bits per heavy atom. The lowest BCUT2D eigenvalue weighted by molar-refractivity contribution is -0.126. The van der Waals surface area contributed by atoms with Crippen LogP contribution in [0.4, 0.5) is 0 Å². The highest BCUT2D eigenvalue weighted by atomic mass is 35.5. The largest absolute Gasteiger partial charge is 0.373 e. The lowest BCUT2D eigenvalue weighted by Crippen LogP contribution is -2.50. The van der Waals surface area contributed by atoms with E-state index in [4.69, 9.17) is 4.74 Å². The zero-order valence-electron chi connectivity index (χ0n) is 13.5. The van der Waals surface area contributed by atoms with Gasteiger partial charge in [0.1, 0.15) is 0 Å². The summed E-state index contributed by atoms with van der Waals surface area (Å²) in [6, 6.07) is 0.458. The average Bonchev–Trinajstić information content (AvgIpc) is 2.37. The molecule has 0 aliphatic carbocycles. The molecule has 0 spiro atoms. The molecule has 0 bridgehead atoms. The van der Waals surface area contributed by atoms with Gasteiger partial charge in [-0.1, -0.05) is 0 Å². The van der Waals surface area contributed by atoms with Gasteiger partial charge in [0.05, 0.1) is 12.2 Å². The monoisotopic (exact) mass is 319 g/mol. The average molecular weight is 320 g/mol. The number of morpholine rings is 1. The Morgan fingerprint density at radius 2 is 2.24 bits per heavy atom. The quantitative estimate of drug-likeness (QED) is 0.812. The molecule has 0 saturated carbocycles. The maximum atomic E-state index is 12.1. The number of carbonyl (C=O) groups excluding carboxylic acids is 1. The molecule has 2 N–H and O–H groups in total. The van der Waals surface area contributed by atoms with E-state index in [-0.39, 0.29) is 29.8 Å². The summed E-state index contributed by atoms with van der Waals surface area (Å²) in [4.78, 5) is 14.5. The minimum absolute atomic E-state index is 0. The number of nitrogens with zero attached hydrogens (tertiary/aromatic N) is 1. The fraction of sp³-hybridized carbons (Fsp3) is 0.933. The van der Waals surface area contributed by atoms with Gasteiger partial charge in [-0.25, -0.2) is 0 Å². The zero-order valence-corrected chi connectivity index (χ0v) is 14.3. The van der Waals surface area contributed by atoms with E-state index in [2.05, 4.69) is 36.3 Å². The van der Waals surface area contributed by atoms with Crippen LogP contribution >= 0.6 is 12.4 Å². The molecule has 2 aliphatic rings. The Kier molecular flexibility index (Phi) is 7.40. The number of piperidine rings is 1. The van der Waals surface area contributed by atoms with Gasteiger partial charge in [-0.15, -0.1) is 12.4 Å². The van der Waals surface area contributed by atoms with Crippen LogP contribution in [0, 0.1) is 5.92 Å². The van der Waals surface area contributed by atoms with E-state index >= 15 is 0 Å². The first kappa shape index (κ1) is 18.7. The highest BCUT2D eigenvalue weighted by molar-refractivity contribution is 5.85. The molecule has 0 aromatic heterocycles. The molecule has 0 unspecified atom stereocenters. The van der Waals surface area contributed by atoms with Crippen LogP contribution in [0.3, 0.4) is 0 Å². The summed E-state index contributed by atoms with van der Waals surface area (Å²) in [6.45, 7) is 11.7. The van der Waals surface area contributed by atoms with Gasteiger partial charge >= 0.3 is 0 Å². The van der Waals surface area contributed by atoms with Crippen LogP contribution < -0.4 is 10.6 Å². The molecule has 2 atom stereocenters. The van der Waals surface area contributed by atoms with Crippen molar-refractivity contribution in [1.82, 2.24) is 15.5 Å². The lowest BCUT2D eigenvalue weighted by Gasteiger charge is -2.38. The van der Waals surface area contributed by atoms with Crippen molar-refractivity contribution in [2.45, 2.75) is 45.3 Å². The maximum absolute atomic E-state index is 12.1. The second-order valence-corrected chi connectivity index (χ2v) is 6.75. The second-order valence-electron chi connectivity index (χ2n) is 6.75. The molecular formula is C15H30ClN3O2. The highest BCUT2D eigenvalue weighted by Gasteiger charge is 2.27. The molecule has 2 rings (SSSR count). The molecule has 2 heterocycles. The molecule has 2 fully saturated rings. The molecular weight excluding hydrogens is 290 g/mol. The molecule has 1 amide bonds. The van der Waals surface area contributed by atoms with Crippen molar-refractivity contribution >= 4 is 18.3 Å². The van der Waals surface area contributed by atoms with Gasteiger partial charge in [-0.05, 0) is 40.2 Å². The molecule has 2 aliphatic heterocycles. The van der Waals surface area contributed by atoms with Crippen molar-refractivity contribution in [1.29, 1.82) is 0 Å². The number of ether oxygens (including phenoxy) is 1. The molecule has 21 heavy (non-hydrogen) atoms. The normalized spacial score (nSPS) is 29.5. The van der Waals surface area contributed by atoms with Gasteiger partial charge in [0.2, 0.25) is 5.91 Å². The summed E-state index contributed by atoms with van der Waals surface area (Å²) in [6.07, 6.45) is 1.91. The minimum Gasteiger partial charge on any atom is -0.373 e. The van der Waals surface area contributed by atoms with Crippen LogP contribution in [0.25, 0.3) is 0 Å². The molecule has 0 radical (unpaired) electrons. The summed E-state index contributed by atoms with van der Waals surface area (Å²) >= 11 is 0. The summed E-state index contributed by atoms with van der Waals surface area (Å²) < 4.78 is 5.69. The van der Waals surface area contributed by atoms with Crippen molar-refractivity contribution < 1.29 is 9.53 Å². The number of halogens is 1. The third-order valence-electron chi connectivity index (χ3n) is 4.23. The summed E-state index contributed by atoms with van der Waals surface area (Å²) in [5.41, 5.74) is -0.0628. The number of carbonyl (C=O) groups is 1. The van der Waals surface area contributed by atoms with Crippen molar-refractivity contribution in [2.75, 3.05) is 39.3 Å². The Bertz CT molecular complexity index is 339. The van der Waals surface area contributed by atoms with Crippen LogP contribution in [-0.2, 0) is 9.53 Å². The van der Waals surface area contributed by atoms with Crippen LogP contribution in [0.5, 0.6) is 0 Å². The summed E-state index contributed by atoms with van der Waals surface area (Å²) in [5, 5.41) is 6.48. The van der Waals surface area contributed by atoms with E-state index < -0.39 is 0 Å². The first-order valence-corrected chi connectivity index (χ1v) is 7.84. The van der Waals surface area contributed by atoms with E-state index in [1.807, 2.05) is 0 Å². The van der Waals surface area contributed by atoms with Gasteiger partial charge in [0.25, 0.3) is 0 Å². The van der Waals surface area contributed by atoms with E-state index in [0.717, 1.165) is 52.2 Å². The van der Waals surface area contributed by atoms with Gasteiger partial charge < -0.3 is 15.4 Å². The third-order valence-corrected chi connectivity index (χ3v) is 4.23. The second kappa shape index (κ2) is 8.32. The predicted octanol–water partition coefficient (Wildman–Crippen LogP) is 1.02. The number of nitrogens with one attached hydrogen (secondary N) is 2.